The monoisotopic (exact) mass is 236 g/mol. The van der Waals surface area contributed by atoms with Crippen LogP contribution in [0.2, 0.25) is 0 Å². The predicted octanol–water partition coefficient (Wildman–Crippen LogP) is 0.451. The van der Waals surface area contributed by atoms with Crippen molar-refractivity contribution in [2.75, 3.05) is 13.1 Å². The largest absolute Gasteiger partial charge is 0.321 e. The Hall–Kier alpha value is -1.98. The Morgan fingerprint density at radius 3 is 2.53 bits per heavy atom. The minimum Gasteiger partial charge on any atom is -0.313 e. The van der Waals surface area contributed by atoms with Crippen molar-refractivity contribution >= 4 is 12.1 Å². The third-order valence-electron chi connectivity index (χ3n) is 3.17. The van der Waals surface area contributed by atoms with E-state index in [1.807, 2.05) is 6.92 Å². The quantitative estimate of drug-likeness (QED) is 0.696. The van der Waals surface area contributed by atoms with Crippen LogP contribution in [0.5, 0.6) is 0 Å². The minimum absolute atomic E-state index is 0.202. The van der Waals surface area contributed by atoms with Crippen molar-refractivity contribution in [1.82, 2.24) is 20.4 Å². The van der Waals surface area contributed by atoms with E-state index < -0.39 is 5.66 Å². The molecule has 2 fully saturated rings. The molecule has 0 spiro atoms. The highest BCUT2D eigenvalue weighted by molar-refractivity contribution is 5.86. The summed E-state index contributed by atoms with van der Waals surface area (Å²) in [5.74, 6) is 0. The number of hydrogen-bond donors (Lipinski definition) is 2. The molecule has 2 unspecified atom stereocenters. The first-order chi connectivity index (χ1) is 8.04. The fourth-order valence-corrected chi connectivity index (χ4v) is 2.35. The molecule has 0 aromatic rings. The van der Waals surface area contributed by atoms with Crippen LogP contribution in [0.15, 0.2) is 25.3 Å². The number of rotatable bonds is 4. The van der Waals surface area contributed by atoms with E-state index in [4.69, 9.17) is 0 Å². The highest BCUT2D eigenvalue weighted by Crippen LogP contribution is 2.30. The fraction of sp³-hybridized carbons (Fsp3) is 0.455. The van der Waals surface area contributed by atoms with E-state index in [-0.39, 0.29) is 18.2 Å². The van der Waals surface area contributed by atoms with Gasteiger partial charge in [0.25, 0.3) is 0 Å². The van der Waals surface area contributed by atoms with E-state index in [1.54, 1.807) is 22.0 Å². The zero-order valence-electron chi connectivity index (χ0n) is 9.77. The van der Waals surface area contributed by atoms with Crippen molar-refractivity contribution in [2.24, 2.45) is 0 Å². The molecule has 6 nitrogen and oxygen atoms in total. The van der Waals surface area contributed by atoms with Gasteiger partial charge >= 0.3 is 12.1 Å². The molecule has 2 rings (SSSR count). The molecular formula is C11H16N4O2. The second kappa shape index (κ2) is 3.80. The zero-order chi connectivity index (χ0) is 12.6. The molecule has 2 saturated heterocycles. The third-order valence-corrected chi connectivity index (χ3v) is 3.17. The van der Waals surface area contributed by atoms with Crippen molar-refractivity contribution < 1.29 is 9.59 Å². The fourth-order valence-electron chi connectivity index (χ4n) is 2.35. The van der Waals surface area contributed by atoms with Gasteiger partial charge < -0.3 is 10.6 Å². The normalized spacial score (nSPS) is 31.0. The van der Waals surface area contributed by atoms with Gasteiger partial charge in [-0.2, -0.15) is 0 Å². The molecule has 4 amide bonds. The van der Waals surface area contributed by atoms with Crippen molar-refractivity contribution in [1.29, 1.82) is 0 Å². The minimum atomic E-state index is -0.731. The van der Waals surface area contributed by atoms with Gasteiger partial charge in [0.15, 0.2) is 5.66 Å². The SMILES string of the molecule is C=CCN1C(=O)NC2(C)C1NC(=O)N2CC=C. The molecule has 0 aromatic carbocycles. The summed E-state index contributed by atoms with van der Waals surface area (Å²) in [6.45, 7) is 9.83. The van der Waals surface area contributed by atoms with Crippen LogP contribution in [-0.4, -0.2) is 46.8 Å². The van der Waals surface area contributed by atoms with Crippen LogP contribution in [0.25, 0.3) is 0 Å². The van der Waals surface area contributed by atoms with Crippen LogP contribution in [0, 0.1) is 0 Å². The Morgan fingerprint density at radius 1 is 1.29 bits per heavy atom. The van der Waals surface area contributed by atoms with E-state index in [1.165, 1.54) is 0 Å². The molecule has 17 heavy (non-hydrogen) atoms. The average Bonchev–Trinajstić information content (AvgIpc) is 2.63. The molecule has 0 aliphatic carbocycles. The average molecular weight is 236 g/mol. The summed E-state index contributed by atoms with van der Waals surface area (Å²) < 4.78 is 0. The molecule has 0 radical (unpaired) electrons. The lowest BCUT2D eigenvalue weighted by Gasteiger charge is -2.31. The first-order valence-corrected chi connectivity index (χ1v) is 5.43. The summed E-state index contributed by atoms with van der Waals surface area (Å²) in [5, 5.41) is 5.62. The van der Waals surface area contributed by atoms with Gasteiger partial charge in [-0.25, -0.2) is 9.59 Å². The number of fused-ring (bicyclic) bond motifs is 1. The summed E-state index contributed by atoms with van der Waals surface area (Å²) in [6, 6.07) is -0.405. The summed E-state index contributed by atoms with van der Waals surface area (Å²) >= 11 is 0. The van der Waals surface area contributed by atoms with E-state index >= 15 is 0 Å². The molecule has 2 aliphatic rings. The Morgan fingerprint density at radius 2 is 1.94 bits per heavy atom. The molecule has 0 saturated carbocycles. The van der Waals surface area contributed by atoms with E-state index in [2.05, 4.69) is 23.8 Å². The van der Waals surface area contributed by atoms with Gasteiger partial charge in [-0.15, -0.1) is 13.2 Å². The van der Waals surface area contributed by atoms with Crippen LogP contribution in [-0.2, 0) is 0 Å². The molecule has 2 atom stereocenters. The molecule has 2 heterocycles. The van der Waals surface area contributed by atoms with Crippen LogP contribution in [0.1, 0.15) is 6.92 Å². The Kier molecular flexibility index (Phi) is 2.57. The maximum atomic E-state index is 11.8. The molecule has 6 heteroatoms. The lowest BCUT2D eigenvalue weighted by molar-refractivity contribution is 0.141. The molecule has 2 aliphatic heterocycles. The van der Waals surface area contributed by atoms with Crippen molar-refractivity contribution in [2.45, 2.75) is 18.8 Å². The maximum Gasteiger partial charge on any atom is 0.321 e. The van der Waals surface area contributed by atoms with Gasteiger partial charge in [-0.1, -0.05) is 12.2 Å². The topological polar surface area (TPSA) is 64.7 Å². The first kappa shape index (κ1) is 11.5. The standard InChI is InChI=1S/C11H16N4O2/c1-4-6-14-8-11(3,13-10(14)17)15(7-5-2)9(16)12-8/h4-5,8H,1-2,6-7H2,3H3,(H,12,16)(H,13,17). The number of urea groups is 2. The highest BCUT2D eigenvalue weighted by atomic mass is 16.2. The number of carbonyl (C=O) groups is 2. The van der Waals surface area contributed by atoms with Gasteiger partial charge in [0.2, 0.25) is 0 Å². The maximum absolute atomic E-state index is 11.8. The number of nitrogens with zero attached hydrogens (tertiary/aromatic N) is 2. The summed E-state index contributed by atoms with van der Waals surface area (Å²) in [6.07, 6.45) is 2.89. The molecule has 92 valence electrons. The molecule has 2 N–H and O–H groups in total. The van der Waals surface area contributed by atoms with Crippen LogP contribution in [0.4, 0.5) is 9.59 Å². The lowest BCUT2D eigenvalue weighted by atomic mass is 10.1. The van der Waals surface area contributed by atoms with Crippen LogP contribution >= 0.6 is 0 Å². The third kappa shape index (κ3) is 1.48. The van der Waals surface area contributed by atoms with E-state index in [0.717, 1.165) is 0 Å². The van der Waals surface area contributed by atoms with Gasteiger partial charge in [-0.3, -0.25) is 9.80 Å². The predicted molar refractivity (Wildman–Crippen MR) is 63.1 cm³/mol. The van der Waals surface area contributed by atoms with E-state index in [9.17, 15) is 9.59 Å². The molecule has 0 bridgehead atoms. The van der Waals surface area contributed by atoms with Crippen molar-refractivity contribution in [3.63, 3.8) is 0 Å². The first-order valence-electron chi connectivity index (χ1n) is 5.43. The van der Waals surface area contributed by atoms with Crippen LogP contribution < -0.4 is 10.6 Å². The molecule has 0 aromatic heterocycles. The highest BCUT2D eigenvalue weighted by Gasteiger charge is 2.58. The summed E-state index contributed by atoms with van der Waals surface area (Å²) in [4.78, 5) is 26.7. The Bertz CT molecular complexity index is 393. The Balaban J connectivity index is 2.30. The smallest absolute Gasteiger partial charge is 0.313 e. The van der Waals surface area contributed by atoms with Crippen molar-refractivity contribution in [3.05, 3.63) is 25.3 Å². The zero-order valence-corrected chi connectivity index (χ0v) is 9.77. The summed E-state index contributed by atoms with van der Waals surface area (Å²) in [5.41, 5.74) is -0.731. The van der Waals surface area contributed by atoms with Gasteiger partial charge in [0.1, 0.15) is 6.17 Å². The number of amides is 4. The summed E-state index contributed by atoms with van der Waals surface area (Å²) in [7, 11) is 0. The second-order valence-corrected chi connectivity index (χ2v) is 4.27. The van der Waals surface area contributed by atoms with E-state index in [0.29, 0.717) is 13.1 Å². The molecular weight excluding hydrogens is 220 g/mol. The van der Waals surface area contributed by atoms with Crippen molar-refractivity contribution in [3.8, 4) is 0 Å². The van der Waals surface area contributed by atoms with Gasteiger partial charge in [-0.05, 0) is 6.92 Å². The Labute approximate surface area is 99.9 Å². The second-order valence-electron chi connectivity index (χ2n) is 4.27. The number of nitrogens with one attached hydrogen (secondary N) is 2. The van der Waals surface area contributed by atoms with Gasteiger partial charge in [0.05, 0.1) is 0 Å². The lowest BCUT2D eigenvalue weighted by Crippen LogP contribution is -2.55. The number of carbonyl (C=O) groups excluding carboxylic acids is 2. The number of hydrogen-bond acceptors (Lipinski definition) is 2. The van der Waals surface area contributed by atoms with Crippen LogP contribution in [0.3, 0.4) is 0 Å². The van der Waals surface area contributed by atoms with Gasteiger partial charge in [0, 0.05) is 13.1 Å².